The Bertz CT molecular complexity index is 1660. The lowest BCUT2D eigenvalue weighted by Crippen LogP contribution is -2.39. The number of carbonyl (C=O) groups excluding carboxylic acids is 4. The molecule has 12 heteroatoms. The van der Waals surface area contributed by atoms with E-state index in [-0.39, 0.29) is 36.7 Å². The molecule has 232 valence electrons. The van der Waals surface area contributed by atoms with Gasteiger partial charge in [-0.15, -0.1) is 22.7 Å². The molecule has 6 rings (SSSR count). The largest absolute Gasteiger partial charge is 0.350 e. The van der Waals surface area contributed by atoms with Crippen LogP contribution < -0.4 is 10.6 Å². The summed E-state index contributed by atoms with van der Waals surface area (Å²) >= 11 is 2.90. The first-order valence-electron chi connectivity index (χ1n) is 14.8. The van der Waals surface area contributed by atoms with Gasteiger partial charge in [0.2, 0.25) is 0 Å². The van der Waals surface area contributed by atoms with Gasteiger partial charge in [0.1, 0.15) is 0 Å². The standard InChI is InChI=1S/C33H34N6O4S2/c1-36-16-3-8-22(36)26-28(24-10-5-20-44-24)32(42)38(30(26)40)18-14-34-12-7-13-35-15-19-39-31(41)27(23-9-4-17-37(23)2)29(33(39)43)25-11-6-21-45-25/h3-6,8-11,16-17,20-21,34-35H,7,12-15,18-19H2,1-2H3. The molecule has 0 aromatic carbocycles. The third-order valence-electron chi connectivity index (χ3n) is 8.00. The summed E-state index contributed by atoms with van der Waals surface area (Å²) < 4.78 is 3.72. The Hall–Kier alpha value is -4.36. The third-order valence-corrected chi connectivity index (χ3v) is 9.78. The van der Waals surface area contributed by atoms with E-state index in [1.54, 1.807) is 0 Å². The highest BCUT2D eigenvalue weighted by molar-refractivity contribution is 7.12. The molecule has 2 N–H and O–H groups in total. The molecular formula is C33H34N6O4S2. The van der Waals surface area contributed by atoms with Gasteiger partial charge >= 0.3 is 0 Å². The molecule has 45 heavy (non-hydrogen) atoms. The van der Waals surface area contributed by atoms with Crippen molar-refractivity contribution in [1.29, 1.82) is 0 Å². The molecule has 4 aromatic heterocycles. The lowest BCUT2D eigenvalue weighted by molar-refractivity contribution is -0.137. The number of aromatic nitrogens is 2. The van der Waals surface area contributed by atoms with Crippen LogP contribution in [-0.2, 0) is 33.3 Å². The van der Waals surface area contributed by atoms with Crippen LogP contribution in [0.3, 0.4) is 0 Å². The summed E-state index contributed by atoms with van der Waals surface area (Å²) in [6, 6.07) is 15.0. The Balaban J connectivity index is 0.956. The number of aryl methyl sites for hydroxylation is 2. The van der Waals surface area contributed by atoms with Gasteiger partial charge in [-0.25, -0.2) is 0 Å². The summed E-state index contributed by atoms with van der Waals surface area (Å²) in [6.45, 7) is 2.87. The van der Waals surface area contributed by atoms with Crippen LogP contribution in [0.2, 0.25) is 0 Å². The number of hydrogen-bond donors (Lipinski definition) is 2. The molecule has 0 aliphatic carbocycles. The van der Waals surface area contributed by atoms with Crippen molar-refractivity contribution in [1.82, 2.24) is 29.6 Å². The molecule has 0 bridgehead atoms. The van der Waals surface area contributed by atoms with Crippen molar-refractivity contribution in [2.75, 3.05) is 39.3 Å². The Morgan fingerprint density at radius 1 is 0.556 bits per heavy atom. The van der Waals surface area contributed by atoms with Crippen molar-refractivity contribution in [3.63, 3.8) is 0 Å². The van der Waals surface area contributed by atoms with Crippen LogP contribution in [0.15, 0.2) is 71.7 Å². The second-order valence-electron chi connectivity index (χ2n) is 10.8. The molecule has 10 nitrogen and oxygen atoms in total. The van der Waals surface area contributed by atoms with Crippen LogP contribution in [0.1, 0.15) is 27.6 Å². The number of amides is 4. The molecular weight excluding hydrogens is 609 g/mol. The second kappa shape index (κ2) is 13.3. The molecule has 4 aromatic rings. The van der Waals surface area contributed by atoms with E-state index in [0.29, 0.717) is 48.5 Å². The number of thiophene rings is 2. The summed E-state index contributed by atoms with van der Waals surface area (Å²) in [7, 11) is 3.74. The van der Waals surface area contributed by atoms with Gasteiger partial charge in [-0.3, -0.25) is 29.0 Å². The summed E-state index contributed by atoms with van der Waals surface area (Å²) in [5.41, 5.74) is 3.27. The minimum Gasteiger partial charge on any atom is -0.350 e. The molecule has 6 heterocycles. The van der Waals surface area contributed by atoms with Crippen molar-refractivity contribution >= 4 is 68.6 Å². The lowest BCUT2D eigenvalue weighted by Gasteiger charge is -2.16. The van der Waals surface area contributed by atoms with Crippen molar-refractivity contribution in [3.05, 3.63) is 92.8 Å². The van der Waals surface area contributed by atoms with Gasteiger partial charge in [0.15, 0.2) is 0 Å². The normalized spacial score (nSPS) is 15.6. The molecule has 0 saturated carbocycles. The van der Waals surface area contributed by atoms with Gasteiger partial charge in [-0.2, -0.15) is 0 Å². The predicted molar refractivity (Wildman–Crippen MR) is 177 cm³/mol. The zero-order valence-electron chi connectivity index (χ0n) is 25.1. The van der Waals surface area contributed by atoms with E-state index in [2.05, 4.69) is 10.6 Å². The quantitative estimate of drug-likeness (QED) is 0.162. The molecule has 0 atom stereocenters. The van der Waals surface area contributed by atoms with Gasteiger partial charge < -0.3 is 19.8 Å². The molecule has 4 amide bonds. The van der Waals surface area contributed by atoms with Gasteiger partial charge in [0.25, 0.3) is 23.6 Å². The molecule has 2 aliphatic heterocycles. The van der Waals surface area contributed by atoms with E-state index in [9.17, 15) is 19.2 Å². The maximum atomic E-state index is 13.4. The van der Waals surface area contributed by atoms with E-state index in [0.717, 1.165) is 27.6 Å². The Morgan fingerprint density at radius 2 is 0.978 bits per heavy atom. The van der Waals surface area contributed by atoms with Crippen LogP contribution >= 0.6 is 22.7 Å². The van der Waals surface area contributed by atoms with Gasteiger partial charge in [-0.05, 0) is 66.7 Å². The van der Waals surface area contributed by atoms with Crippen molar-refractivity contribution in [3.8, 4) is 0 Å². The maximum absolute atomic E-state index is 13.4. The SMILES string of the molecule is Cn1cccc1C1=C(c2cccs2)C(=O)N(CCNCCCNCCN2C(=O)C(c3cccs3)=C(c3cccn3C)C2=O)C1=O. The first-order valence-corrected chi connectivity index (χ1v) is 16.6. The Labute approximate surface area is 269 Å². The number of hydrogen-bond acceptors (Lipinski definition) is 8. The van der Waals surface area contributed by atoms with E-state index in [1.807, 2.05) is 94.9 Å². The first kappa shape index (κ1) is 30.7. The number of rotatable bonds is 14. The molecule has 0 radical (unpaired) electrons. The summed E-state index contributed by atoms with van der Waals surface area (Å²) in [5, 5.41) is 10.5. The zero-order chi connectivity index (χ0) is 31.5. The fourth-order valence-corrected chi connectivity index (χ4v) is 7.28. The topological polar surface area (TPSA) is 109 Å². The van der Waals surface area contributed by atoms with Gasteiger partial charge in [0.05, 0.1) is 33.7 Å². The fourth-order valence-electron chi connectivity index (χ4n) is 5.74. The smallest absolute Gasteiger partial charge is 0.263 e. The average molecular weight is 643 g/mol. The summed E-state index contributed by atoms with van der Waals surface area (Å²) in [4.78, 5) is 57.8. The predicted octanol–water partition coefficient (Wildman–Crippen LogP) is 3.32. The first-order chi connectivity index (χ1) is 21.9. The molecule has 0 spiro atoms. The molecule has 0 unspecified atom stereocenters. The van der Waals surface area contributed by atoms with Crippen molar-refractivity contribution < 1.29 is 19.2 Å². The second-order valence-corrected chi connectivity index (χ2v) is 12.7. The van der Waals surface area contributed by atoms with E-state index in [4.69, 9.17) is 0 Å². The highest BCUT2D eigenvalue weighted by Gasteiger charge is 2.41. The minimum atomic E-state index is -0.272. The lowest BCUT2D eigenvalue weighted by atomic mass is 10.1. The third kappa shape index (κ3) is 5.89. The molecule has 2 aliphatic rings. The van der Waals surface area contributed by atoms with E-state index >= 15 is 0 Å². The highest BCUT2D eigenvalue weighted by atomic mass is 32.1. The number of nitrogens with zero attached hydrogens (tertiary/aromatic N) is 4. The summed E-state index contributed by atoms with van der Waals surface area (Å²) in [6.07, 6.45) is 4.53. The maximum Gasteiger partial charge on any atom is 0.263 e. The van der Waals surface area contributed by atoms with E-state index in [1.165, 1.54) is 32.5 Å². The fraction of sp³-hybridized carbons (Fsp3) is 0.273. The van der Waals surface area contributed by atoms with Gasteiger partial charge in [0, 0.05) is 62.4 Å². The monoisotopic (exact) mass is 642 g/mol. The highest BCUT2D eigenvalue weighted by Crippen LogP contribution is 2.38. The van der Waals surface area contributed by atoms with Crippen LogP contribution in [0.4, 0.5) is 0 Å². The van der Waals surface area contributed by atoms with Crippen LogP contribution in [-0.4, -0.2) is 81.8 Å². The van der Waals surface area contributed by atoms with Crippen LogP contribution in [0, 0.1) is 0 Å². The number of nitrogens with one attached hydrogen (secondary N) is 2. The molecule has 0 saturated heterocycles. The number of imide groups is 2. The van der Waals surface area contributed by atoms with Crippen molar-refractivity contribution in [2.45, 2.75) is 6.42 Å². The van der Waals surface area contributed by atoms with Gasteiger partial charge in [-0.1, -0.05) is 12.1 Å². The Kier molecular flexibility index (Phi) is 9.08. The van der Waals surface area contributed by atoms with Crippen molar-refractivity contribution in [2.24, 2.45) is 14.1 Å². The molecule has 0 fully saturated rings. The number of carbonyl (C=O) groups is 4. The van der Waals surface area contributed by atoms with Crippen LogP contribution in [0.5, 0.6) is 0 Å². The minimum absolute atomic E-state index is 0.264. The van der Waals surface area contributed by atoms with E-state index < -0.39 is 0 Å². The zero-order valence-corrected chi connectivity index (χ0v) is 26.7. The van der Waals surface area contributed by atoms with Crippen LogP contribution in [0.25, 0.3) is 22.3 Å². The Morgan fingerprint density at radius 3 is 1.33 bits per heavy atom. The average Bonchev–Trinajstić information content (AvgIpc) is 3.87. The summed E-state index contributed by atoms with van der Waals surface area (Å²) in [5.74, 6) is -1.07.